The normalized spacial score (nSPS) is 10.6. The van der Waals surface area contributed by atoms with E-state index in [1.807, 2.05) is 36.6 Å². The first-order chi connectivity index (χ1) is 9.15. The Balaban J connectivity index is 1.86. The van der Waals surface area contributed by atoms with Gasteiger partial charge in [-0.15, -0.1) is 11.3 Å². The van der Waals surface area contributed by atoms with E-state index in [4.69, 9.17) is 12.2 Å². The Labute approximate surface area is 122 Å². The zero-order chi connectivity index (χ0) is 13.7. The summed E-state index contributed by atoms with van der Waals surface area (Å²) in [5, 5.41) is 9.72. The van der Waals surface area contributed by atoms with E-state index in [0.717, 1.165) is 10.6 Å². The van der Waals surface area contributed by atoms with E-state index in [1.54, 1.807) is 17.6 Å². The molecule has 0 aliphatic heterocycles. The molecule has 1 heterocycles. The molecule has 0 saturated heterocycles. The van der Waals surface area contributed by atoms with Crippen molar-refractivity contribution in [2.24, 2.45) is 5.10 Å². The van der Waals surface area contributed by atoms with Gasteiger partial charge in [-0.3, -0.25) is 5.43 Å². The smallest absolute Gasteiger partial charge is 0.191 e. The molecular formula is C14H15N3S2. The summed E-state index contributed by atoms with van der Waals surface area (Å²) in [5.74, 6) is 0. The minimum atomic E-state index is 0.481. The molecule has 2 aromatic rings. The minimum absolute atomic E-state index is 0.481. The van der Waals surface area contributed by atoms with Crippen molar-refractivity contribution in [3.05, 3.63) is 51.7 Å². The summed E-state index contributed by atoms with van der Waals surface area (Å²) in [6, 6.07) is 10.1. The molecule has 3 nitrogen and oxygen atoms in total. The number of hydrogen-bond acceptors (Lipinski definition) is 3. The zero-order valence-corrected chi connectivity index (χ0v) is 12.4. The summed E-state index contributed by atoms with van der Waals surface area (Å²) in [5.41, 5.74) is 6.19. The highest BCUT2D eigenvalue weighted by atomic mass is 32.1. The van der Waals surface area contributed by atoms with E-state index >= 15 is 0 Å². The van der Waals surface area contributed by atoms with Crippen LogP contribution in [0.2, 0.25) is 0 Å². The van der Waals surface area contributed by atoms with Crippen LogP contribution in [0, 0.1) is 13.8 Å². The Hall–Kier alpha value is -1.72. The first-order valence-corrected chi connectivity index (χ1v) is 7.15. The predicted octanol–water partition coefficient (Wildman–Crippen LogP) is 3.69. The van der Waals surface area contributed by atoms with Crippen LogP contribution in [0.5, 0.6) is 0 Å². The fourth-order valence-electron chi connectivity index (χ4n) is 1.46. The zero-order valence-electron chi connectivity index (χ0n) is 10.8. The molecule has 0 unspecified atom stereocenters. The number of aryl methyl sites for hydroxylation is 2. The van der Waals surface area contributed by atoms with Gasteiger partial charge >= 0.3 is 0 Å². The predicted molar refractivity (Wildman–Crippen MR) is 87.2 cm³/mol. The van der Waals surface area contributed by atoms with Crippen LogP contribution in [-0.4, -0.2) is 11.3 Å². The van der Waals surface area contributed by atoms with Crippen molar-refractivity contribution >= 4 is 40.6 Å². The second-order valence-electron chi connectivity index (χ2n) is 4.16. The van der Waals surface area contributed by atoms with Crippen molar-refractivity contribution in [1.29, 1.82) is 0 Å². The van der Waals surface area contributed by atoms with E-state index in [-0.39, 0.29) is 0 Å². The van der Waals surface area contributed by atoms with Crippen LogP contribution >= 0.6 is 23.6 Å². The van der Waals surface area contributed by atoms with E-state index in [0.29, 0.717) is 5.11 Å². The highest BCUT2D eigenvalue weighted by Crippen LogP contribution is 2.12. The molecule has 5 heteroatoms. The lowest BCUT2D eigenvalue weighted by Crippen LogP contribution is -2.23. The third-order valence-electron chi connectivity index (χ3n) is 2.56. The quantitative estimate of drug-likeness (QED) is 0.514. The SMILES string of the molecule is Cc1ccc(NC(=S)NN=Cc2sccc2C)cc1. The van der Waals surface area contributed by atoms with Gasteiger partial charge in [0.15, 0.2) is 5.11 Å². The van der Waals surface area contributed by atoms with Gasteiger partial charge in [0, 0.05) is 10.6 Å². The van der Waals surface area contributed by atoms with Crippen molar-refractivity contribution in [2.75, 3.05) is 5.32 Å². The summed E-state index contributed by atoms with van der Waals surface area (Å²) in [7, 11) is 0. The average Bonchev–Trinajstić information content (AvgIpc) is 2.78. The number of thiocarbonyl (C=S) groups is 1. The van der Waals surface area contributed by atoms with Crippen LogP contribution in [0.3, 0.4) is 0 Å². The maximum Gasteiger partial charge on any atom is 0.191 e. The van der Waals surface area contributed by atoms with Gasteiger partial charge in [0.2, 0.25) is 0 Å². The van der Waals surface area contributed by atoms with Gasteiger partial charge < -0.3 is 5.32 Å². The Kier molecular flexibility index (Phi) is 4.65. The lowest BCUT2D eigenvalue weighted by atomic mass is 10.2. The molecule has 2 rings (SSSR count). The summed E-state index contributed by atoms with van der Waals surface area (Å²) >= 11 is 6.82. The summed E-state index contributed by atoms with van der Waals surface area (Å²) in [6.45, 7) is 4.11. The molecule has 0 bridgehead atoms. The molecule has 1 aromatic heterocycles. The number of rotatable bonds is 3. The first-order valence-electron chi connectivity index (χ1n) is 5.86. The number of benzene rings is 1. The third-order valence-corrected chi connectivity index (χ3v) is 3.71. The number of nitrogens with one attached hydrogen (secondary N) is 2. The Morgan fingerprint density at radius 2 is 1.95 bits per heavy atom. The fraction of sp³-hybridized carbons (Fsp3) is 0.143. The monoisotopic (exact) mass is 289 g/mol. The molecule has 1 aromatic carbocycles. The van der Waals surface area contributed by atoms with Crippen molar-refractivity contribution in [3.63, 3.8) is 0 Å². The first kappa shape index (κ1) is 13.7. The molecule has 0 atom stereocenters. The Morgan fingerprint density at radius 1 is 1.21 bits per heavy atom. The van der Waals surface area contributed by atoms with Crippen molar-refractivity contribution in [3.8, 4) is 0 Å². The highest BCUT2D eigenvalue weighted by molar-refractivity contribution is 7.80. The molecule has 98 valence electrons. The molecule has 0 aliphatic rings. The number of thiophene rings is 1. The van der Waals surface area contributed by atoms with E-state index < -0.39 is 0 Å². The molecule has 0 amide bonds. The lowest BCUT2D eigenvalue weighted by molar-refractivity contribution is 1.05. The van der Waals surface area contributed by atoms with Gasteiger partial charge in [-0.1, -0.05) is 17.7 Å². The highest BCUT2D eigenvalue weighted by Gasteiger charge is 1.97. The molecule has 0 radical (unpaired) electrons. The topological polar surface area (TPSA) is 36.4 Å². The summed E-state index contributed by atoms with van der Waals surface area (Å²) in [6.07, 6.45) is 1.78. The number of hydrogen-bond donors (Lipinski definition) is 2. The molecule has 0 spiro atoms. The van der Waals surface area contributed by atoms with Crippen LogP contribution in [0.4, 0.5) is 5.69 Å². The minimum Gasteiger partial charge on any atom is -0.331 e. The second kappa shape index (κ2) is 6.45. The molecular weight excluding hydrogens is 274 g/mol. The Morgan fingerprint density at radius 3 is 2.58 bits per heavy atom. The van der Waals surface area contributed by atoms with Crippen LogP contribution in [-0.2, 0) is 0 Å². The maximum atomic E-state index is 5.16. The van der Waals surface area contributed by atoms with Gasteiger partial charge in [-0.05, 0) is 55.2 Å². The van der Waals surface area contributed by atoms with Crippen molar-refractivity contribution in [1.82, 2.24) is 5.43 Å². The number of nitrogens with zero attached hydrogens (tertiary/aromatic N) is 1. The van der Waals surface area contributed by atoms with Crippen LogP contribution < -0.4 is 10.7 Å². The van der Waals surface area contributed by atoms with Crippen LogP contribution in [0.1, 0.15) is 16.0 Å². The summed E-state index contributed by atoms with van der Waals surface area (Å²) < 4.78 is 0. The molecule has 0 fully saturated rings. The average molecular weight is 289 g/mol. The molecule has 0 aliphatic carbocycles. The second-order valence-corrected chi connectivity index (χ2v) is 5.51. The van der Waals surface area contributed by atoms with Crippen LogP contribution in [0.25, 0.3) is 0 Å². The number of anilines is 1. The van der Waals surface area contributed by atoms with Gasteiger partial charge in [-0.25, -0.2) is 0 Å². The lowest BCUT2D eigenvalue weighted by Gasteiger charge is -2.06. The van der Waals surface area contributed by atoms with Crippen molar-refractivity contribution < 1.29 is 0 Å². The van der Waals surface area contributed by atoms with E-state index in [2.05, 4.69) is 28.8 Å². The van der Waals surface area contributed by atoms with E-state index in [1.165, 1.54) is 11.1 Å². The summed E-state index contributed by atoms with van der Waals surface area (Å²) in [4.78, 5) is 1.13. The molecule has 0 saturated carbocycles. The Bertz CT molecular complexity index is 585. The molecule has 19 heavy (non-hydrogen) atoms. The van der Waals surface area contributed by atoms with Gasteiger partial charge in [0.25, 0.3) is 0 Å². The van der Waals surface area contributed by atoms with Gasteiger partial charge in [0.1, 0.15) is 0 Å². The number of hydrazone groups is 1. The standard InChI is InChI=1S/C14H15N3S2/c1-10-3-5-12(6-4-10)16-14(18)17-15-9-13-11(2)7-8-19-13/h3-9H,1-2H3,(H2,16,17,18). The fourth-order valence-corrected chi connectivity index (χ4v) is 2.42. The maximum absolute atomic E-state index is 5.16. The van der Waals surface area contributed by atoms with Crippen molar-refractivity contribution in [2.45, 2.75) is 13.8 Å². The van der Waals surface area contributed by atoms with E-state index in [9.17, 15) is 0 Å². The van der Waals surface area contributed by atoms with Crippen LogP contribution in [0.15, 0.2) is 40.8 Å². The van der Waals surface area contributed by atoms with Gasteiger partial charge in [0.05, 0.1) is 6.21 Å². The third kappa shape index (κ3) is 4.15. The van der Waals surface area contributed by atoms with Gasteiger partial charge in [-0.2, -0.15) is 5.10 Å². The largest absolute Gasteiger partial charge is 0.331 e. The molecule has 2 N–H and O–H groups in total.